The van der Waals surface area contributed by atoms with Crippen LogP contribution in [0.3, 0.4) is 0 Å². The van der Waals surface area contributed by atoms with Crippen molar-refractivity contribution < 1.29 is 9.53 Å². The van der Waals surface area contributed by atoms with E-state index in [2.05, 4.69) is 5.32 Å². The minimum atomic E-state index is -0.480. The number of hydrogen-bond acceptors (Lipinski definition) is 3. The van der Waals surface area contributed by atoms with Crippen LogP contribution in [-0.2, 0) is 9.53 Å². The lowest BCUT2D eigenvalue weighted by molar-refractivity contribution is -0.158. The zero-order valence-electron chi connectivity index (χ0n) is 11.9. The Bertz CT molecular complexity index is 503. The largest absolute Gasteiger partial charge is 0.438 e. The first-order chi connectivity index (χ1) is 8.91. The summed E-state index contributed by atoms with van der Waals surface area (Å²) in [6.45, 7) is 7.89. The van der Waals surface area contributed by atoms with Crippen molar-refractivity contribution in [1.29, 1.82) is 0 Å². The number of esters is 1. The van der Waals surface area contributed by atoms with Crippen molar-refractivity contribution in [3.8, 4) is 0 Å². The fraction of sp³-hybridized carbons (Fsp3) is 0.438. The van der Waals surface area contributed by atoms with Gasteiger partial charge < -0.3 is 10.1 Å². The first kappa shape index (κ1) is 13.7. The van der Waals surface area contributed by atoms with Gasteiger partial charge in [0.15, 0.2) is 6.23 Å². The van der Waals surface area contributed by atoms with Crippen LogP contribution in [0.1, 0.15) is 33.3 Å². The fourth-order valence-electron chi connectivity index (χ4n) is 1.74. The van der Waals surface area contributed by atoms with Crippen LogP contribution < -0.4 is 5.32 Å². The van der Waals surface area contributed by atoms with E-state index in [9.17, 15) is 4.79 Å². The molecule has 1 atom stereocenters. The van der Waals surface area contributed by atoms with Crippen LogP contribution >= 0.6 is 0 Å². The van der Waals surface area contributed by atoms with E-state index in [0.29, 0.717) is 0 Å². The zero-order chi connectivity index (χ0) is 14.0. The maximum Gasteiger partial charge on any atom is 0.313 e. The quantitative estimate of drug-likeness (QED) is 0.842. The third-order valence-electron chi connectivity index (χ3n) is 3.91. The third-order valence-corrected chi connectivity index (χ3v) is 3.91. The van der Waals surface area contributed by atoms with Crippen molar-refractivity contribution in [2.75, 3.05) is 5.32 Å². The summed E-state index contributed by atoms with van der Waals surface area (Å²) in [5, 5.41) is 3.21. The molecule has 1 aromatic carbocycles. The number of fused-ring (bicyclic) bond motifs is 1. The molecule has 0 fully saturated rings. The number of carbonyl (C=O) groups excluding carboxylic acids is 1. The second kappa shape index (κ2) is 5.08. The summed E-state index contributed by atoms with van der Waals surface area (Å²) in [7, 11) is 0. The van der Waals surface area contributed by atoms with Crippen LogP contribution in [0.4, 0.5) is 5.69 Å². The number of carbonyl (C=O) groups is 1. The smallest absolute Gasteiger partial charge is 0.313 e. The Morgan fingerprint density at radius 2 is 2.00 bits per heavy atom. The van der Waals surface area contributed by atoms with Gasteiger partial charge >= 0.3 is 5.97 Å². The molecule has 0 aromatic heterocycles. The molecule has 3 heteroatoms. The van der Waals surface area contributed by atoms with Gasteiger partial charge in [-0.1, -0.05) is 38.1 Å². The summed E-state index contributed by atoms with van der Waals surface area (Å²) in [6, 6.07) is 7.95. The molecule has 1 aromatic rings. The molecule has 102 valence electrons. The Labute approximate surface area is 114 Å². The van der Waals surface area contributed by atoms with E-state index < -0.39 is 5.41 Å². The van der Waals surface area contributed by atoms with Gasteiger partial charge in [-0.05, 0) is 37.5 Å². The van der Waals surface area contributed by atoms with Gasteiger partial charge in [-0.15, -0.1) is 0 Å². The highest BCUT2D eigenvalue weighted by Gasteiger charge is 2.34. The van der Waals surface area contributed by atoms with Gasteiger partial charge in [-0.2, -0.15) is 0 Å². The summed E-state index contributed by atoms with van der Waals surface area (Å²) in [6.07, 6.45) is 3.46. The molecule has 19 heavy (non-hydrogen) atoms. The van der Waals surface area contributed by atoms with Crippen LogP contribution in [0.15, 0.2) is 30.3 Å². The van der Waals surface area contributed by atoms with Crippen LogP contribution in [0.5, 0.6) is 0 Å². The number of rotatable bonds is 3. The molecule has 1 heterocycles. The van der Waals surface area contributed by atoms with E-state index in [1.165, 1.54) is 0 Å². The van der Waals surface area contributed by atoms with E-state index in [1.54, 1.807) is 0 Å². The van der Waals surface area contributed by atoms with E-state index in [0.717, 1.165) is 11.3 Å². The van der Waals surface area contributed by atoms with Crippen LogP contribution in [0.2, 0.25) is 0 Å². The van der Waals surface area contributed by atoms with Crippen molar-refractivity contribution in [3.05, 3.63) is 35.9 Å². The van der Waals surface area contributed by atoms with E-state index in [4.69, 9.17) is 4.74 Å². The Hall–Kier alpha value is -1.77. The molecule has 0 radical (unpaired) electrons. The van der Waals surface area contributed by atoms with Crippen molar-refractivity contribution in [2.45, 2.75) is 33.9 Å². The second-order valence-electron chi connectivity index (χ2n) is 5.79. The lowest BCUT2D eigenvalue weighted by Crippen LogP contribution is -2.37. The number of ether oxygens (including phenoxy) is 1. The van der Waals surface area contributed by atoms with Gasteiger partial charge in [0, 0.05) is 5.69 Å². The highest BCUT2D eigenvalue weighted by atomic mass is 16.6. The summed E-state index contributed by atoms with van der Waals surface area (Å²) in [5.74, 6) is 0.0592. The first-order valence-electron chi connectivity index (χ1n) is 6.66. The van der Waals surface area contributed by atoms with Crippen molar-refractivity contribution in [1.82, 2.24) is 0 Å². The summed E-state index contributed by atoms with van der Waals surface area (Å²) < 4.78 is 5.54. The molecular formula is C16H21NO2. The average Bonchev–Trinajstić information content (AvgIpc) is 2.38. The molecule has 0 amide bonds. The molecule has 2 rings (SSSR count). The molecule has 1 aliphatic rings. The molecule has 0 spiro atoms. The molecule has 0 aliphatic carbocycles. The highest BCUT2D eigenvalue weighted by molar-refractivity contribution is 5.78. The molecule has 1 unspecified atom stereocenters. The van der Waals surface area contributed by atoms with Crippen LogP contribution in [0, 0.1) is 11.3 Å². The number of hydrogen-bond donors (Lipinski definition) is 1. The molecule has 1 N–H and O–H groups in total. The van der Waals surface area contributed by atoms with E-state index >= 15 is 0 Å². The predicted molar refractivity (Wildman–Crippen MR) is 77.6 cm³/mol. The third kappa shape index (κ3) is 2.80. The monoisotopic (exact) mass is 259 g/mol. The number of nitrogens with one attached hydrogen (secondary N) is 1. The maximum absolute atomic E-state index is 12.2. The molecule has 0 saturated carbocycles. The molecule has 1 aliphatic heterocycles. The summed E-state index contributed by atoms with van der Waals surface area (Å²) >= 11 is 0. The Morgan fingerprint density at radius 3 is 2.68 bits per heavy atom. The first-order valence-corrected chi connectivity index (χ1v) is 6.66. The summed E-state index contributed by atoms with van der Waals surface area (Å²) in [5.41, 5.74) is 1.62. The van der Waals surface area contributed by atoms with Gasteiger partial charge in [0.1, 0.15) is 0 Å². The Kier molecular flexibility index (Phi) is 3.65. The Morgan fingerprint density at radius 1 is 1.32 bits per heavy atom. The van der Waals surface area contributed by atoms with Gasteiger partial charge in [0.05, 0.1) is 5.41 Å². The average molecular weight is 259 g/mol. The standard InChI is InChI=1S/C16H21NO2/c1-11(2)16(3,4)15(18)19-14-10-9-12-7-5-6-8-13(12)17-14/h5-11,14,17H,1-4H3. The SMILES string of the molecule is CC(C)C(C)(C)C(=O)OC1C=Cc2ccccc2N1. The second-order valence-corrected chi connectivity index (χ2v) is 5.79. The van der Waals surface area contributed by atoms with Gasteiger partial charge in [0.2, 0.25) is 0 Å². The van der Waals surface area contributed by atoms with Gasteiger partial charge in [-0.25, -0.2) is 0 Å². The predicted octanol–water partition coefficient (Wildman–Crippen LogP) is 3.68. The minimum Gasteiger partial charge on any atom is -0.438 e. The molecule has 3 nitrogen and oxygen atoms in total. The molecule has 0 bridgehead atoms. The topological polar surface area (TPSA) is 38.3 Å². The highest BCUT2D eigenvalue weighted by Crippen LogP contribution is 2.29. The zero-order valence-corrected chi connectivity index (χ0v) is 11.9. The normalized spacial score (nSPS) is 17.8. The number of benzene rings is 1. The van der Waals surface area contributed by atoms with Crippen LogP contribution in [0.25, 0.3) is 6.08 Å². The van der Waals surface area contributed by atoms with Crippen molar-refractivity contribution in [2.24, 2.45) is 11.3 Å². The van der Waals surface area contributed by atoms with Gasteiger partial charge in [0.25, 0.3) is 0 Å². The number of anilines is 1. The lowest BCUT2D eigenvalue weighted by atomic mass is 9.81. The molecule has 0 saturated heterocycles. The van der Waals surface area contributed by atoms with Crippen molar-refractivity contribution >= 4 is 17.7 Å². The van der Waals surface area contributed by atoms with Crippen LogP contribution in [-0.4, -0.2) is 12.2 Å². The lowest BCUT2D eigenvalue weighted by Gasteiger charge is -2.30. The van der Waals surface area contributed by atoms with E-state index in [-0.39, 0.29) is 18.1 Å². The maximum atomic E-state index is 12.2. The Balaban J connectivity index is 2.06. The van der Waals surface area contributed by atoms with Crippen molar-refractivity contribution in [3.63, 3.8) is 0 Å². The molecular weight excluding hydrogens is 238 g/mol. The van der Waals surface area contributed by atoms with Gasteiger partial charge in [-0.3, -0.25) is 4.79 Å². The summed E-state index contributed by atoms with van der Waals surface area (Å²) in [4.78, 5) is 12.2. The minimum absolute atomic E-state index is 0.177. The fourth-order valence-corrected chi connectivity index (χ4v) is 1.74. The number of para-hydroxylation sites is 1. The van der Waals surface area contributed by atoms with E-state index in [1.807, 2.05) is 64.1 Å².